The van der Waals surface area contributed by atoms with E-state index in [0.29, 0.717) is 0 Å². The second kappa shape index (κ2) is 7.80. The van der Waals surface area contributed by atoms with Crippen LogP contribution in [0.25, 0.3) is 11.1 Å². The molecule has 0 aliphatic carbocycles. The lowest BCUT2D eigenvalue weighted by molar-refractivity contribution is 0.319. The third-order valence-electron chi connectivity index (χ3n) is 4.08. The third-order valence-corrected chi connectivity index (χ3v) is 4.08. The fourth-order valence-corrected chi connectivity index (χ4v) is 2.91. The van der Waals surface area contributed by atoms with Crippen molar-refractivity contribution in [2.75, 3.05) is 14.2 Å². The highest BCUT2D eigenvalue weighted by Gasteiger charge is 2.04. The normalized spacial score (nSPS) is 10.8. The van der Waals surface area contributed by atoms with E-state index < -0.39 is 0 Å². The Labute approximate surface area is 144 Å². The van der Waals surface area contributed by atoms with Crippen molar-refractivity contribution < 1.29 is 4.74 Å². The van der Waals surface area contributed by atoms with E-state index in [4.69, 9.17) is 4.74 Å². The summed E-state index contributed by atoms with van der Waals surface area (Å²) in [5.74, 6) is 0.888. The van der Waals surface area contributed by atoms with Crippen LogP contribution in [-0.4, -0.2) is 19.1 Å². The van der Waals surface area contributed by atoms with Crippen LogP contribution in [0.3, 0.4) is 0 Å². The summed E-state index contributed by atoms with van der Waals surface area (Å²) >= 11 is 0. The smallest absolute Gasteiger partial charge is 0.119 e. The Morgan fingerprint density at radius 1 is 0.708 bits per heavy atom. The molecule has 3 aromatic carbocycles. The molecule has 3 aromatic rings. The zero-order valence-electron chi connectivity index (χ0n) is 14.3. The van der Waals surface area contributed by atoms with Gasteiger partial charge in [0.15, 0.2) is 0 Å². The Hall–Kier alpha value is -2.58. The molecule has 2 heteroatoms. The zero-order chi connectivity index (χ0) is 16.8. The molecule has 0 N–H and O–H groups in total. The predicted octanol–water partition coefficient (Wildman–Crippen LogP) is 4.99. The maximum atomic E-state index is 5.33. The van der Waals surface area contributed by atoms with Crippen molar-refractivity contribution in [3.8, 4) is 16.9 Å². The van der Waals surface area contributed by atoms with E-state index in [1.54, 1.807) is 7.11 Å². The van der Waals surface area contributed by atoms with Crippen LogP contribution in [0.2, 0.25) is 0 Å². The average Bonchev–Trinajstić information content (AvgIpc) is 2.63. The quantitative estimate of drug-likeness (QED) is 0.635. The maximum absolute atomic E-state index is 5.33. The molecule has 3 rings (SSSR count). The standard InChI is InChI=1S/C22H23NO/c1-23(16-18-8-4-3-5-9-18)17-19-10-6-11-20(14-19)21-12-7-13-22(15-21)24-2/h3-15H,16-17H2,1-2H3. The van der Waals surface area contributed by atoms with Crippen molar-refractivity contribution in [1.29, 1.82) is 0 Å². The predicted molar refractivity (Wildman–Crippen MR) is 100 cm³/mol. The molecule has 0 amide bonds. The average molecular weight is 317 g/mol. The van der Waals surface area contributed by atoms with Crippen LogP contribution < -0.4 is 4.74 Å². The van der Waals surface area contributed by atoms with Crippen molar-refractivity contribution >= 4 is 0 Å². The molecule has 0 saturated heterocycles. The van der Waals surface area contributed by atoms with Gasteiger partial charge in [-0.3, -0.25) is 4.90 Å². The van der Waals surface area contributed by atoms with E-state index in [0.717, 1.165) is 18.8 Å². The van der Waals surface area contributed by atoms with Gasteiger partial charge in [-0.2, -0.15) is 0 Å². The van der Waals surface area contributed by atoms with Crippen LogP contribution in [-0.2, 0) is 13.1 Å². The van der Waals surface area contributed by atoms with E-state index >= 15 is 0 Å². The van der Waals surface area contributed by atoms with Gasteiger partial charge < -0.3 is 4.74 Å². The Bertz CT molecular complexity index is 783. The first-order valence-electron chi connectivity index (χ1n) is 8.20. The largest absolute Gasteiger partial charge is 0.497 e. The number of rotatable bonds is 6. The van der Waals surface area contributed by atoms with Crippen molar-refractivity contribution in [2.24, 2.45) is 0 Å². The summed E-state index contributed by atoms with van der Waals surface area (Å²) < 4.78 is 5.33. The van der Waals surface area contributed by atoms with Gasteiger partial charge in [0.2, 0.25) is 0 Å². The van der Waals surface area contributed by atoms with Gasteiger partial charge in [-0.05, 0) is 47.5 Å². The van der Waals surface area contributed by atoms with Crippen molar-refractivity contribution in [1.82, 2.24) is 4.90 Å². The number of methoxy groups -OCH3 is 1. The Balaban J connectivity index is 1.73. The molecular weight excluding hydrogens is 294 g/mol. The maximum Gasteiger partial charge on any atom is 0.119 e. The lowest BCUT2D eigenvalue weighted by Crippen LogP contribution is -2.17. The molecule has 0 aliphatic heterocycles. The summed E-state index contributed by atoms with van der Waals surface area (Å²) in [7, 11) is 3.86. The van der Waals surface area contributed by atoms with Crippen molar-refractivity contribution in [3.63, 3.8) is 0 Å². The van der Waals surface area contributed by atoms with Crippen LogP contribution in [0, 0.1) is 0 Å². The second-order valence-electron chi connectivity index (χ2n) is 6.09. The number of nitrogens with zero attached hydrogens (tertiary/aromatic N) is 1. The molecule has 0 heterocycles. The second-order valence-corrected chi connectivity index (χ2v) is 6.09. The van der Waals surface area contributed by atoms with Gasteiger partial charge in [0.05, 0.1) is 7.11 Å². The summed E-state index contributed by atoms with van der Waals surface area (Å²) in [5, 5.41) is 0. The van der Waals surface area contributed by atoms with E-state index in [9.17, 15) is 0 Å². The molecule has 0 radical (unpaired) electrons. The molecule has 0 saturated carbocycles. The molecule has 0 aromatic heterocycles. The fraction of sp³-hybridized carbons (Fsp3) is 0.182. The van der Waals surface area contributed by atoms with Crippen molar-refractivity contribution in [2.45, 2.75) is 13.1 Å². The lowest BCUT2D eigenvalue weighted by Gasteiger charge is -2.17. The van der Waals surface area contributed by atoms with Gasteiger partial charge in [-0.1, -0.05) is 60.7 Å². The van der Waals surface area contributed by atoms with Gasteiger partial charge in [0.1, 0.15) is 5.75 Å². The van der Waals surface area contributed by atoms with E-state index in [2.05, 4.69) is 78.7 Å². The highest BCUT2D eigenvalue weighted by Crippen LogP contribution is 2.25. The van der Waals surface area contributed by atoms with Gasteiger partial charge in [0, 0.05) is 13.1 Å². The molecule has 0 spiro atoms. The van der Waals surface area contributed by atoms with Gasteiger partial charge in [-0.15, -0.1) is 0 Å². The van der Waals surface area contributed by atoms with Gasteiger partial charge in [0.25, 0.3) is 0 Å². The zero-order valence-corrected chi connectivity index (χ0v) is 14.3. The molecule has 0 bridgehead atoms. The van der Waals surface area contributed by atoms with Crippen LogP contribution in [0.4, 0.5) is 0 Å². The lowest BCUT2D eigenvalue weighted by atomic mass is 10.0. The summed E-state index contributed by atoms with van der Waals surface area (Å²) in [6.07, 6.45) is 0. The Kier molecular flexibility index (Phi) is 5.29. The molecular formula is C22H23NO. The first-order chi connectivity index (χ1) is 11.7. The third kappa shape index (κ3) is 4.24. The number of hydrogen-bond acceptors (Lipinski definition) is 2. The van der Waals surface area contributed by atoms with E-state index in [1.165, 1.54) is 22.3 Å². The number of hydrogen-bond donors (Lipinski definition) is 0. The molecule has 0 aliphatic rings. The minimum Gasteiger partial charge on any atom is -0.497 e. The molecule has 0 atom stereocenters. The van der Waals surface area contributed by atoms with Crippen LogP contribution in [0.15, 0.2) is 78.9 Å². The molecule has 24 heavy (non-hydrogen) atoms. The molecule has 2 nitrogen and oxygen atoms in total. The van der Waals surface area contributed by atoms with Crippen molar-refractivity contribution in [3.05, 3.63) is 90.0 Å². The first-order valence-corrected chi connectivity index (χ1v) is 8.20. The Morgan fingerprint density at radius 3 is 2.08 bits per heavy atom. The SMILES string of the molecule is COc1cccc(-c2cccc(CN(C)Cc3ccccc3)c2)c1. The fourth-order valence-electron chi connectivity index (χ4n) is 2.91. The van der Waals surface area contributed by atoms with Gasteiger partial charge >= 0.3 is 0 Å². The molecule has 0 unspecified atom stereocenters. The summed E-state index contributed by atoms with van der Waals surface area (Å²) in [6.45, 7) is 1.87. The summed E-state index contributed by atoms with van der Waals surface area (Å²) in [5.41, 5.74) is 5.05. The number of ether oxygens (including phenoxy) is 1. The summed E-state index contributed by atoms with van der Waals surface area (Å²) in [6, 6.07) is 27.5. The van der Waals surface area contributed by atoms with E-state index in [1.807, 2.05) is 12.1 Å². The summed E-state index contributed by atoms with van der Waals surface area (Å²) in [4.78, 5) is 2.33. The number of benzene rings is 3. The highest BCUT2D eigenvalue weighted by atomic mass is 16.5. The monoisotopic (exact) mass is 317 g/mol. The topological polar surface area (TPSA) is 12.5 Å². The Morgan fingerprint density at radius 2 is 1.33 bits per heavy atom. The van der Waals surface area contributed by atoms with Crippen LogP contribution >= 0.6 is 0 Å². The van der Waals surface area contributed by atoms with E-state index in [-0.39, 0.29) is 0 Å². The van der Waals surface area contributed by atoms with Crippen LogP contribution in [0.5, 0.6) is 5.75 Å². The first kappa shape index (κ1) is 16.3. The minimum absolute atomic E-state index is 0.888. The highest BCUT2D eigenvalue weighted by molar-refractivity contribution is 5.65. The molecule has 0 fully saturated rings. The minimum atomic E-state index is 0.888. The molecule has 122 valence electrons. The van der Waals surface area contributed by atoms with Gasteiger partial charge in [-0.25, -0.2) is 0 Å². The van der Waals surface area contributed by atoms with Crippen LogP contribution in [0.1, 0.15) is 11.1 Å².